The molecular weight excluding hydrogens is 433 g/mol. The number of nitrogens with zero attached hydrogens (tertiary/aromatic N) is 1. The molecule has 0 spiro atoms. The third kappa shape index (κ3) is 5.95. The van der Waals surface area contributed by atoms with E-state index < -0.39 is 0 Å². The number of ether oxygens (including phenoxy) is 3. The summed E-state index contributed by atoms with van der Waals surface area (Å²) >= 11 is 12.5. The molecule has 0 amide bonds. The van der Waals surface area contributed by atoms with Crippen LogP contribution in [0.2, 0.25) is 10.0 Å². The summed E-state index contributed by atoms with van der Waals surface area (Å²) < 4.78 is 16.9. The smallest absolute Gasteiger partial charge is 0.180 e. The molecule has 0 fully saturated rings. The van der Waals surface area contributed by atoms with Gasteiger partial charge in [-0.1, -0.05) is 35.3 Å². The predicted octanol–water partition coefficient (Wildman–Crippen LogP) is 7.04. The molecule has 0 saturated heterocycles. The summed E-state index contributed by atoms with van der Waals surface area (Å²) in [6.45, 7) is 2.66. The van der Waals surface area contributed by atoms with Gasteiger partial charge in [0.2, 0.25) is 0 Å². The van der Waals surface area contributed by atoms with Crippen LogP contribution in [-0.2, 0) is 6.61 Å². The average molecular weight is 454 g/mol. The Hall–Kier alpha value is -3.13. The molecular formula is C25H21Cl2NO3. The molecule has 3 aromatic carbocycles. The second kappa shape index (κ2) is 10.8. The molecule has 0 aliphatic rings. The lowest BCUT2D eigenvalue weighted by Crippen LogP contribution is -2.01. The van der Waals surface area contributed by atoms with E-state index in [-0.39, 0.29) is 0 Å². The summed E-state index contributed by atoms with van der Waals surface area (Å²) in [7, 11) is 1.60. The number of nitriles is 1. The van der Waals surface area contributed by atoms with Crippen LogP contribution in [0.25, 0.3) is 11.6 Å². The SMILES string of the molecule is CCOc1cc(/C=C(\C#N)c2ccc(OC)cc2)cc(Cl)c1OCc1ccc(Cl)cc1. The van der Waals surface area contributed by atoms with Gasteiger partial charge in [0, 0.05) is 5.02 Å². The van der Waals surface area contributed by atoms with E-state index >= 15 is 0 Å². The van der Waals surface area contributed by atoms with Crippen molar-refractivity contribution in [2.24, 2.45) is 0 Å². The quantitative estimate of drug-likeness (QED) is 0.271. The predicted molar refractivity (Wildman–Crippen MR) is 125 cm³/mol. The normalized spacial score (nSPS) is 11.0. The summed E-state index contributed by atoms with van der Waals surface area (Å²) in [6, 6.07) is 20.5. The van der Waals surface area contributed by atoms with E-state index in [2.05, 4.69) is 6.07 Å². The number of allylic oxidation sites excluding steroid dienone is 1. The van der Waals surface area contributed by atoms with Crippen LogP contribution < -0.4 is 14.2 Å². The first-order valence-electron chi connectivity index (χ1n) is 9.63. The highest BCUT2D eigenvalue weighted by Gasteiger charge is 2.13. The first-order chi connectivity index (χ1) is 15.0. The van der Waals surface area contributed by atoms with Gasteiger partial charge in [0.15, 0.2) is 11.5 Å². The Balaban J connectivity index is 1.89. The highest BCUT2D eigenvalue weighted by Crippen LogP contribution is 2.38. The van der Waals surface area contributed by atoms with Crippen molar-refractivity contribution in [3.05, 3.63) is 87.4 Å². The lowest BCUT2D eigenvalue weighted by molar-refractivity contribution is 0.269. The molecule has 0 aliphatic carbocycles. The average Bonchev–Trinajstić information content (AvgIpc) is 2.78. The maximum absolute atomic E-state index is 9.65. The van der Waals surface area contributed by atoms with Crippen LogP contribution in [0.1, 0.15) is 23.6 Å². The Morgan fingerprint density at radius 1 is 1.00 bits per heavy atom. The molecule has 0 unspecified atom stereocenters. The molecule has 31 heavy (non-hydrogen) atoms. The minimum absolute atomic E-state index is 0.321. The van der Waals surface area contributed by atoms with Gasteiger partial charge in [-0.25, -0.2) is 0 Å². The van der Waals surface area contributed by atoms with Crippen LogP contribution in [0.15, 0.2) is 60.7 Å². The molecule has 3 aromatic rings. The molecule has 0 heterocycles. The van der Waals surface area contributed by atoms with Crippen molar-refractivity contribution < 1.29 is 14.2 Å². The largest absolute Gasteiger partial charge is 0.497 e. The van der Waals surface area contributed by atoms with Crippen molar-refractivity contribution >= 4 is 34.9 Å². The number of benzene rings is 3. The first-order valence-corrected chi connectivity index (χ1v) is 10.4. The fourth-order valence-electron chi connectivity index (χ4n) is 2.93. The Morgan fingerprint density at radius 3 is 2.32 bits per heavy atom. The molecule has 0 bridgehead atoms. The summed E-state index contributed by atoms with van der Waals surface area (Å²) in [5.41, 5.74) is 2.97. The summed E-state index contributed by atoms with van der Waals surface area (Å²) in [5.74, 6) is 1.70. The van der Waals surface area contributed by atoms with E-state index in [9.17, 15) is 5.26 Å². The topological polar surface area (TPSA) is 51.5 Å². The van der Waals surface area contributed by atoms with E-state index in [1.165, 1.54) is 0 Å². The Kier molecular flexibility index (Phi) is 7.83. The molecule has 3 rings (SSSR count). The maximum atomic E-state index is 9.65. The lowest BCUT2D eigenvalue weighted by Gasteiger charge is -2.15. The zero-order chi connectivity index (χ0) is 22.2. The summed E-state index contributed by atoms with van der Waals surface area (Å²) in [4.78, 5) is 0. The molecule has 0 radical (unpaired) electrons. The zero-order valence-electron chi connectivity index (χ0n) is 17.2. The third-order valence-corrected chi connectivity index (χ3v) is 4.99. The monoisotopic (exact) mass is 453 g/mol. The maximum Gasteiger partial charge on any atom is 0.180 e. The van der Waals surface area contributed by atoms with Gasteiger partial charge in [0.05, 0.1) is 30.4 Å². The Bertz CT molecular complexity index is 1100. The van der Waals surface area contributed by atoms with Gasteiger partial charge in [0.25, 0.3) is 0 Å². The lowest BCUT2D eigenvalue weighted by atomic mass is 10.0. The van der Waals surface area contributed by atoms with Gasteiger partial charge in [-0.05, 0) is 78.2 Å². The fraction of sp³-hybridized carbons (Fsp3) is 0.160. The van der Waals surface area contributed by atoms with Crippen molar-refractivity contribution in [3.63, 3.8) is 0 Å². The van der Waals surface area contributed by atoms with Gasteiger partial charge in [-0.2, -0.15) is 5.26 Å². The molecule has 6 heteroatoms. The van der Waals surface area contributed by atoms with Crippen LogP contribution in [0.5, 0.6) is 17.2 Å². The van der Waals surface area contributed by atoms with Gasteiger partial charge in [0.1, 0.15) is 12.4 Å². The van der Waals surface area contributed by atoms with Gasteiger partial charge in [-0.3, -0.25) is 0 Å². The van der Waals surface area contributed by atoms with Crippen molar-refractivity contribution in [1.82, 2.24) is 0 Å². The fourth-order valence-corrected chi connectivity index (χ4v) is 3.33. The first kappa shape index (κ1) is 22.6. The van der Waals surface area contributed by atoms with Crippen LogP contribution in [0.3, 0.4) is 0 Å². The molecule has 0 aliphatic heterocycles. The van der Waals surface area contributed by atoms with Gasteiger partial charge < -0.3 is 14.2 Å². The minimum atomic E-state index is 0.321. The van der Waals surface area contributed by atoms with Crippen molar-refractivity contribution in [2.75, 3.05) is 13.7 Å². The minimum Gasteiger partial charge on any atom is -0.497 e. The molecule has 0 aromatic heterocycles. The zero-order valence-corrected chi connectivity index (χ0v) is 18.7. The highest BCUT2D eigenvalue weighted by atomic mass is 35.5. The van der Waals surface area contributed by atoms with Crippen LogP contribution >= 0.6 is 23.2 Å². The van der Waals surface area contributed by atoms with Crippen molar-refractivity contribution in [2.45, 2.75) is 13.5 Å². The molecule has 158 valence electrons. The van der Waals surface area contributed by atoms with E-state index in [1.54, 1.807) is 19.3 Å². The number of hydrogen-bond donors (Lipinski definition) is 0. The number of halogens is 2. The second-order valence-electron chi connectivity index (χ2n) is 6.58. The van der Waals surface area contributed by atoms with Crippen LogP contribution in [-0.4, -0.2) is 13.7 Å². The van der Waals surface area contributed by atoms with Crippen LogP contribution in [0.4, 0.5) is 0 Å². The summed E-state index contributed by atoms with van der Waals surface area (Å²) in [5, 5.41) is 10.7. The van der Waals surface area contributed by atoms with Crippen molar-refractivity contribution in [3.8, 4) is 23.3 Å². The van der Waals surface area contributed by atoms with E-state index in [4.69, 9.17) is 37.4 Å². The van der Waals surface area contributed by atoms with E-state index in [0.717, 1.165) is 22.4 Å². The van der Waals surface area contributed by atoms with Gasteiger partial charge >= 0.3 is 0 Å². The molecule has 0 saturated carbocycles. The molecule has 0 N–H and O–H groups in total. The number of methoxy groups -OCH3 is 1. The molecule has 0 atom stereocenters. The molecule has 4 nitrogen and oxygen atoms in total. The Morgan fingerprint density at radius 2 is 1.71 bits per heavy atom. The van der Waals surface area contributed by atoms with E-state index in [0.29, 0.717) is 40.3 Å². The highest BCUT2D eigenvalue weighted by molar-refractivity contribution is 6.32. The standard InChI is InChI=1S/C25H21Cl2NO3/c1-3-30-24-14-18(12-20(15-28)19-6-10-22(29-2)11-7-19)13-23(27)25(24)31-16-17-4-8-21(26)9-5-17/h4-14H,3,16H2,1-2H3/b20-12+. The number of rotatable bonds is 8. The second-order valence-corrected chi connectivity index (χ2v) is 7.42. The third-order valence-electron chi connectivity index (χ3n) is 4.46. The Labute approximate surface area is 192 Å². The van der Waals surface area contributed by atoms with Crippen LogP contribution in [0, 0.1) is 11.3 Å². The number of hydrogen-bond acceptors (Lipinski definition) is 4. The van der Waals surface area contributed by atoms with Crippen molar-refractivity contribution in [1.29, 1.82) is 5.26 Å². The van der Waals surface area contributed by atoms with Gasteiger partial charge in [-0.15, -0.1) is 0 Å². The van der Waals surface area contributed by atoms with E-state index in [1.807, 2.05) is 61.5 Å². The summed E-state index contributed by atoms with van der Waals surface area (Å²) in [6.07, 6.45) is 1.76.